The Morgan fingerprint density at radius 2 is 1.60 bits per heavy atom. The lowest BCUT2D eigenvalue weighted by Gasteiger charge is -2.45. The Labute approximate surface area is 127 Å². The Hall–Kier alpha value is -0.0800. The smallest absolute Gasteiger partial charge is 0.0306 e. The molecule has 20 heavy (non-hydrogen) atoms. The van der Waals surface area contributed by atoms with Gasteiger partial charge in [-0.25, -0.2) is 0 Å². The van der Waals surface area contributed by atoms with E-state index < -0.39 is 0 Å². The fourth-order valence-electron chi connectivity index (χ4n) is 3.47. The summed E-state index contributed by atoms with van der Waals surface area (Å²) in [6.07, 6.45) is 9.42. The van der Waals surface area contributed by atoms with Crippen LogP contribution in [-0.4, -0.2) is 29.6 Å². The van der Waals surface area contributed by atoms with E-state index in [1.165, 1.54) is 51.5 Å². The van der Waals surface area contributed by atoms with Crippen molar-refractivity contribution in [2.75, 3.05) is 13.1 Å². The summed E-state index contributed by atoms with van der Waals surface area (Å²) in [7, 11) is 0. The van der Waals surface area contributed by atoms with Crippen LogP contribution in [0.4, 0.5) is 0 Å². The van der Waals surface area contributed by atoms with Crippen molar-refractivity contribution in [1.29, 1.82) is 0 Å². The molecular weight excluding hydrogens is 244 g/mol. The van der Waals surface area contributed by atoms with Crippen LogP contribution >= 0.6 is 0 Å². The molecule has 120 valence electrons. The average Bonchev–Trinajstić information content (AvgIpc) is 2.90. The van der Waals surface area contributed by atoms with Crippen LogP contribution in [0.1, 0.15) is 79.6 Å². The molecule has 2 N–H and O–H groups in total. The number of rotatable bonds is 9. The molecule has 0 aromatic heterocycles. The Morgan fingerprint density at radius 1 is 1.05 bits per heavy atom. The van der Waals surface area contributed by atoms with Gasteiger partial charge in [-0.2, -0.15) is 0 Å². The fraction of sp³-hybridized carbons (Fsp3) is 1.00. The van der Waals surface area contributed by atoms with E-state index in [9.17, 15) is 0 Å². The van der Waals surface area contributed by atoms with Crippen LogP contribution in [0, 0.1) is 11.8 Å². The second kappa shape index (κ2) is 8.38. The van der Waals surface area contributed by atoms with Crippen molar-refractivity contribution in [3.8, 4) is 0 Å². The maximum Gasteiger partial charge on any atom is 0.0306 e. The lowest BCUT2D eigenvalue weighted by molar-refractivity contribution is 0.0471. The van der Waals surface area contributed by atoms with Crippen LogP contribution in [0.2, 0.25) is 0 Å². The van der Waals surface area contributed by atoms with Gasteiger partial charge in [-0.05, 0) is 57.4 Å². The predicted octanol–water partition coefficient (Wildman–Crippen LogP) is 4.43. The van der Waals surface area contributed by atoms with Gasteiger partial charge in [0, 0.05) is 18.1 Å². The summed E-state index contributed by atoms with van der Waals surface area (Å²) in [5.41, 5.74) is 6.43. The summed E-state index contributed by atoms with van der Waals surface area (Å²) in [5.74, 6) is 1.56. The number of hydrogen-bond donors (Lipinski definition) is 1. The maximum absolute atomic E-state index is 6.23. The first-order valence-corrected chi connectivity index (χ1v) is 8.86. The van der Waals surface area contributed by atoms with Crippen LogP contribution in [0.15, 0.2) is 0 Å². The fourth-order valence-corrected chi connectivity index (χ4v) is 3.47. The van der Waals surface area contributed by atoms with E-state index in [0.29, 0.717) is 0 Å². The molecule has 0 spiro atoms. The van der Waals surface area contributed by atoms with Crippen LogP contribution in [-0.2, 0) is 0 Å². The molecule has 1 fully saturated rings. The van der Waals surface area contributed by atoms with E-state index in [-0.39, 0.29) is 5.54 Å². The first kappa shape index (κ1) is 18.0. The molecule has 0 radical (unpaired) electrons. The highest BCUT2D eigenvalue weighted by atomic mass is 15.2. The molecule has 0 heterocycles. The van der Waals surface area contributed by atoms with E-state index in [2.05, 4.69) is 39.5 Å². The van der Waals surface area contributed by atoms with Crippen LogP contribution in [0.3, 0.4) is 0 Å². The Bertz CT molecular complexity index is 256. The zero-order valence-corrected chi connectivity index (χ0v) is 14.6. The minimum absolute atomic E-state index is 0.203. The molecule has 0 saturated heterocycles. The van der Waals surface area contributed by atoms with Crippen molar-refractivity contribution >= 4 is 0 Å². The summed E-state index contributed by atoms with van der Waals surface area (Å²) in [6, 6.07) is 0.787. The van der Waals surface area contributed by atoms with Gasteiger partial charge < -0.3 is 5.73 Å². The molecule has 1 aliphatic rings. The first-order chi connectivity index (χ1) is 9.39. The van der Waals surface area contributed by atoms with Gasteiger partial charge >= 0.3 is 0 Å². The first-order valence-electron chi connectivity index (χ1n) is 8.86. The molecule has 1 unspecified atom stereocenters. The Morgan fingerprint density at radius 3 is 2.05 bits per heavy atom. The van der Waals surface area contributed by atoms with Gasteiger partial charge in [0.25, 0.3) is 0 Å². The second-order valence-corrected chi connectivity index (χ2v) is 7.95. The lowest BCUT2D eigenvalue weighted by Crippen LogP contribution is -2.56. The SMILES string of the molecule is CC(C)CCN(C1CCCC1)C(C)(CN)CCC(C)C. The average molecular weight is 283 g/mol. The third-order valence-corrected chi connectivity index (χ3v) is 5.11. The maximum atomic E-state index is 6.23. The van der Waals surface area contributed by atoms with Crippen LogP contribution in [0.5, 0.6) is 0 Å². The van der Waals surface area contributed by atoms with Crippen molar-refractivity contribution in [2.24, 2.45) is 17.6 Å². The standard InChI is InChI=1S/C18H38N2/c1-15(2)10-12-18(5,14-19)20(13-11-16(3)4)17-8-6-7-9-17/h15-17H,6-14,19H2,1-5H3. The molecule has 0 amide bonds. The molecule has 1 aliphatic carbocycles. The van der Waals surface area contributed by atoms with Crippen molar-refractivity contribution in [1.82, 2.24) is 4.90 Å². The highest BCUT2D eigenvalue weighted by Gasteiger charge is 2.36. The van der Waals surface area contributed by atoms with E-state index in [1.54, 1.807) is 0 Å². The predicted molar refractivity (Wildman–Crippen MR) is 89.9 cm³/mol. The van der Waals surface area contributed by atoms with Gasteiger partial charge in [0.2, 0.25) is 0 Å². The molecule has 0 bridgehead atoms. The third kappa shape index (κ3) is 5.37. The molecule has 1 atom stereocenters. The molecule has 2 heteroatoms. The molecule has 0 aromatic carbocycles. The van der Waals surface area contributed by atoms with Crippen molar-refractivity contribution in [2.45, 2.75) is 91.1 Å². The van der Waals surface area contributed by atoms with Crippen molar-refractivity contribution < 1.29 is 0 Å². The Balaban J connectivity index is 2.74. The summed E-state index contributed by atoms with van der Waals surface area (Å²) in [5, 5.41) is 0. The normalized spacial score (nSPS) is 20.2. The molecular formula is C18H38N2. The lowest BCUT2D eigenvalue weighted by atomic mass is 9.88. The summed E-state index contributed by atoms with van der Waals surface area (Å²) < 4.78 is 0. The number of hydrogen-bond acceptors (Lipinski definition) is 2. The highest BCUT2D eigenvalue weighted by Crippen LogP contribution is 2.32. The zero-order valence-electron chi connectivity index (χ0n) is 14.6. The van der Waals surface area contributed by atoms with Crippen LogP contribution < -0.4 is 5.73 Å². The van der Waals surface area contributed by atoms with Gasteiger partial charge in [0.15, 0.2) is 0 Å². The highest BCUT2D eigenvalue weighted by molar-refractivity contribution is 4.93. The van der Waals surface area contributed by atoms with Gasteiger partial charge in [0.05, 0.1) is 0 Å². The van der Waals surface area contributed by atoms with E-state index in [1.807, 2.05) is 0 Å². The number of nitrogens with two attached hydrogens (primary N) is 1. The molecule has 1 rings (SSSR count). The molecule has 0 aliphatic heterocycles. The minimum Gasteiger partial charge on any atom is -0.329 e. The second-order valence-electron chi connectivity index (χ2n) is 7.95. The molecule has 1 saturated carbocycles. The minimum atomic E-state index is 0.203. The van der Waals surface area contributed by atoms with Crippen molar-refractivity contribution in [3.63, 3.8) is 0 Å². The van der Waals surface area contributed by atoms with Crippen molar-refractivity contribution in [3.05, 3.63) is 0 Å². The van der Waals surface area contributed by atoms with Gasteiger partial charge in [0.1, 0.15) is 0 Å². The van der Waals surface area contributed by atoms with E-state index in [4.69, 9.17) is 5.73 Å². The largest absolute Gasteiger partial charge is 0.329 e. The monoisotopic (exact) mass is 282 g/mol. The topological polar surface area (TPSA) is 29.3 Å². The van der Waals surface area contributed by atoms with E-state index >= 15 is 0 Å². The van der Waals surface area contributed by atoms with Crippen LogP contribution in [0.25, 0.3) is 0 Å². The molecule has 2 nitrogen and oxygen atoms in total. The summed E-state index contributed by atoms with van der Waals surface area (Å²) >= 11 is 0. The molecule has 0 aromatic rings. The Kier molecular flexibility index (Phi) is 7.53. The quantitative estimate of drug-likeness (QED) is 0.678. The van der Waals surface area contributed by atoms with Gasteiger partial charge in [-0.1, -0.05) is 40.5 Å². The van der Waals surface area contributed by atoms with E-state index in [0.717, 1.165) is 24.4 Å². The third-order valence-electron chi connectivity index (χ3n) is 5.11. The number of nitrogens with zero attached hydrogens (tertiary/aromatic N) is 1. The summed E-state index contributed by atoms with van der Waals surface area (Å²) in [4.78, 5) is 2.79. The van der Waals surface area contributed by atoms with Gasteiger partial charge in [-0.15, -0.1) is 0 Å². The van der Waals surface area contributed by atoms with Gasteiger partial charge in [-0.3, -0.25) is 4.90 Å². The zero-order chi connectivity index (χ0) is 15.2. The summed E-state index contributed by atoms with van der Waals surface area (Å²) in [6.45, 7) is 13.8.